The van der Waals surface area contributed by atoms with E-state index < -0.39 is 19.1 Å². The number of hydrogen-bond donors (Lipinski definition) is 1. The number of pyridine rings is 2. The van der Waals surface area contributed by atoms with Crippen LogP contribution in [-0.4, -0.2) is 47.3 Å². The molecule has 1 atom stereocenters. The second kappa shape index (κ2) is 10.7. The Labute approximate surface area is 205 Å². The Bertz CT molecular complexity index is 1270. The summed E-state index contributed by atoms with van der Waals surface area (Å²) in [5, 5.41) is 29.7. The molecule has 1 fully saturated rings. The fraction of sp³-hybridized carbons (Fsp3) is 0.280. The van der Waals surface area contributed by atoms with Gasteiger partial charge in [-0.25, -0.2) is 9.37 Å². The lowest BCUT2D eigenvalue weighted by molar-refractivity contribution is -0.114. The number of nitriles is 2. The maximum atomic E-state index is 14.1. The number of rotatable bonds is 9. The lowest BCUT2D eigenvalue weighted by atomic mass is 9.96. The number of aliphatic hydroxyl groups excluding tert-OH is 1. The first-order chi connectivity index (χ1) is 17.0. The number of thioether (sulfide) groups is 1. The number of ether oxygens (including phenoxy) is 1. The van der Waals surface area contributed by atoms with E-state index in [1.807, 2.05) is 17.0 Å². The highest BCUT2D eigenvalue weighted by atomic mass is 32.2. The van der Waals surface area contributed by atoms with Crippen molar-refractivity contribution in [3.63, 3.8) is 0 Å². The fourth-order valence-corrected chi connectivity index (χ4v) is 4.47. The lowest BCUT2D eigenvalue weighted by Gasteiger charge is -2.33. The Hall–Kier alpha value is -3.73. The van der Waals surface area contributed by atoms with E-state index in [1.54, 1.807) is 24.5 Å². The van der Waals surface area contributed by atoms with Crippen LogP contribution in [0.4, 0.5) is 14.6 Å². The molecule has 35 heavy (non-hydrogen) atoms. The summed E-state index contributed by atoms with van der Waals surface area (Å²) in [5.74, 6) is -1.78. The number of aromatic nitrogens is 2. The molecule has 0 aliphatic carbocycles. The van der Waals surface area contributed by atoms with E-state index >= 15 is 0 Å². The van der Waals surface area contributed by atoms with Crippen LogP contribution in [0.25, 0.3) is 11.1 Å². The molecular weight excluding hydrogens is 472 g/mol. The second-order valence-electron chi connectivity index (χ2n) is 7.88. The van der Waals surface area contributed by atoms with E-state index in [0.29, 0.717) is 27.7 Å². The molecule has 7 nitrogen and oxygen atoms in total. The number of aliphatic hydroxyl groups is 1. The van der Waals surface area contributed by atoms with Gasteiger partial charge in [-0.3, -0.25) is 4.98 Å². The minimum Gasteiger partial charge on any atom is -0.453 e. The summed E-state index contributed by atoms with van der Waals surface area (Å²) >= 11 is 1.38. The molecule has 178 valence electrons. The van der Waals surface area contributed by atoms with Crippen LogP contribution in [0.2, 0.25) is 0 Å². The molecule has 0 bridgehead atoms. The van der Waals surface area contributed by atoms with Crippen molar-refractivity contribution in [2.75, 3.05) is 31.3 Å². The fourth-order valence-electron chi connectivity index (χ4n) is 3.55. The van der Waals surface area contributed by atoms with Gasteiger partial charge in [0.2, 0.25) is 0 Å². The number of nitrogens with zero attached hydrogens (tertiary/aromatic N) is 5. The summed E-state index contributed by atoms with van der Waals surface area (Å²) in [6, 6.07) is 14.1. The normalized spacial score (nSPS) is 14.4. The van der Waals surface area contributed by atoms with Crippen molar-refractivity contribution in [2.45, 2.75) is 23.1 Å². The summed E-state index contributed by atoms with van der Waals surface area (Å²) < 4.78 is 32.0. The zero-order chi connectivity index (χ0) is 24.8. The lowest BCUT2D eigenvalue weighted by Crippen LogP contribution is -2.38. The minimum atomic E-state index is -2.84. The average molecular weight is 494 g/mol. The van der Waals surface area contributed by atoms with Crippen LogP contribution in [0.1, 0.15) is 23.1 Å². The van der Waals surface area contributed by atoms with E-state index in [9.17, 15) is 19.3 Å². The Morgan fingerprint density at radius 1 is 1.14 bits per heavy atom. The Morgan fingerprint density at radius 3 is 2.43 bits per heavy atom. The van der Waals surface area contributed by atoms with E-state index in [1.165, 1.54) is 23.9 Å². The van der Waals surface area contributed by atoms with Gasteiger partial charge >= 0.3 is 0 Å². The molecule has 1 aliphatic rings. The molecule has 3 heterocycles. The van der Waals surface area contributed by atoms with Gasteiger partial charge in [0.05, 0.1) is 5.56 Å². The summed E-state index contributed by atoms with van der Waals surface area (Å²) in [6.45, 7) is -1.13. The molecule has 3 aromatic rings. The van der Waals surface area contributed by atoms with Gasteiger partial charge in [0.15, 0.2) is 6.67 Å². The van der Waals surface area contributed by atoms with Gasteiger partial charge in [-0.2, -0.15) is 14.9 Å². The van der Waals surface area contributed by atoms with Gasteiger partial charge in [-0.15, -0.1) is 11.8 Å². The Balaban J connectivity index is 1.77. The van der Waals surface area contributed by atoms with Crippen LogP contribution >= 0.6 is 11.8 Å². The highest BCUT2D eigenvalue weighted by Gasteiger charge is 2.32. The highest BCUT2D eigenvalue weighted by molar-refractivity contribution is 7.98. The monoisotopic (exact) mass is 493 g/mol. The third-order valence-electron chi connectivity index (χ3n) is 5.50. The molecular formula is C25H21F2N5O2S. The van der Waals surface area contributed by atoms with Gasteiger partial charge < -0.3 is 14.7 Å². The molecule has 2 aromatic heterocycles. The zero-order valence-electron chi connectivity index (χ0n) is 18.6. The third kappa shape index (κ3) is 5.19. The predicted molar refractivity (Wildman–Crippen MR) is 127 cm³/mol. The second-order valence-corrected chi connectivity index (χ2v) is 8.85. The summed E-state index contributed by atoms with van der Waals surface area (Å²) in [5.41, 5.74) is 2.46. The quantitative estimate of drug-likeness (QED) is 0.438. The average Bonchev–Trinajstić information content (AvgIpc) is 2.87. The van der Waals surface area contributed by atoms with E-state index in [2.05, 4.69) is 17.1 Å². The molecule has 4 rings (SSSR count). The number of benzene rings is 1. The van der Waals surface area contributed by atoms with E-state index in [-0.39, 0.29) is 16.9 Å². The molecule has 1 aromatic carbocycles. The van der Waals surface area contributed by atoms with Crippen LogP contribution in [-0.2, 0) is 5.75 Å². The third-order valence-corrected chi connectivity index (χ3v) is 6.55. The van der Waals surface area contributed by atoms with Crippen molar-refractivity contribution in [1.82, 2.24) is 9.97 Å². The molecule has 0 radical (unpaired) electrons. The SMILES string of the molecule is N#Cc1c(SCc2cccnc2)nc(N2CCC2)c(C#N)c1-c1ccc(OC(F)(CO)CF)cc1. The first-order valence-corrected chi connectivity index (χ1v) is 11.8. The largest absolute Gasteiger partial charge is 0.453 e. The standard InChI is InChI=1S/C25H21F2N5O2S/c26-15-25(27,16-33)34-19-6-4-18(5-7-19)22-20(11-28)23(32-9-2-10-32)31-24(21(22)12-29)35-14-17-3-1-8-30-13-17/h1,3-8,13,33H,2,9-10,14-16H2. The van der Waals surface area contributed by atoms with E-state index in [4.69, 9.17) is 14.8 Å². The molecule has 1 saturated heterocycles. The molecule has 10 heteroatoms. The first-order valence-electron chi connectivity index (χ1n) is 10.8. The highest BCUT2D eigenvalue weighted by Crippen LogP contribution is 2.40. The number of anilines is 1. The van der Waals surface area contributed by atoms with Crippen molar-refractivity contribution in [3.8, 4) is 29.0 Å². The van der Waals surface area contributed by atoms with Gasteiger partial charge in [-0.1, -0.05) is 18.2 Å². The van der Waals surface area contributed by atoms with Gasteiger partial charge in [-0.05, 0) is 35.7 Å². The molecule has 0 spiro atoms. The van der Waals surface area contributed by atoms with Crippen molar-refractivity contribution in [3.05, 3.63) is 65.5 Å². The van der Waals surface area contributed by atoms with Crippen LogP contribution in [0.3, 0.4) is 0 Å². The zero-order valence-corrected chi connectivity index (χ0v) is 19.4. The van der Waals surface area contributed by atoms with Crippen LogP contribution < -0.4 is 9.64 Å². The van der Waals surface area contributed by atoms with Crippen molar-refractivity contribution in [2.24, 2.45) is 0 Å². The van der Waals surface area contributed by atoms with Crippen LogP contribution in [0, 0.1) is 22.7 Å². The minimum absolute atomic E-state index is 0.00293. The van der Waals surface area contributed by atoms with Crippen LogP contribution in [0.15, 0.2) is 53.8 Å². The molecule has 0 saturated carbocycles. The maximum absolute atomic E-state index is 14.1. The number of halogens is 2. The van der Waals surface area contributed by atoms with Gasteiger partial charge in [0.25, 0.3) is 5.85 Å². The maximum Gasteiger partial charge on any atom is 0.298 e. The predicted octanol–water partition coefficient (Wildman–Crippen LogP) is 4.40. The summed E-state index contributed by atoms with van der Waals surface area (Å²) in [6.07, 6.45) is 4.41. The molecule has 1 unspecified atom stereocenters. The topological polar surface area (TPSA) is 106 Å². The van der Waals surface area contributed by atoms with Gasteiger partial charge in [0, 0.05) is 36.8 Å². The number of hydrogen-bond acceptors (Lipinski definition) is 8. The Kier molecular flexibility index (Phi) is 7.45. The van der Waals surface area contributed by atoms with Gasteiger partial charge in [0.1, 0.15) is 40.9 Å². The number of alkyl halides is 2. The van der Waals surface area contributed by atoms with Crippen molar-refractivity contribution in [1.29, 1.82) is 10.5 Å². The Morgan fingerprint density at radius 2 is 1.89 bits per heavy atom. The summed E-state index contributed by atoms with van der Waals surface area (Å²) in [4.78, 5) is 10.8. The smallest absolute Gasteiger partial charge is 0.298 e. The molecule has 1 aliphatic heterocycles. The summed E-state index contributed by atoms with van der Waals surface area (Å²) in [7, 11) is 0. The van der Waals surface area contributed by atoms with Crippen molar-refractivity contribution >= 4 is 17.6 Å². The molecule has 0 amide bonds. The van der Waals surface area contributed by atoms with E-state index in [0.717, 1.165) is 25.1 Å². The van der Waals surface area contributed by atoms with Crippen LogP contribution in [0.5, 0.6) is 5.75 Å². The van der Waals surface area contributed by atoms with Crippen molar-refractivity contribution < 1.29 is 18.6 Å². The first kappa shape index (κ1) is 24.4. The molecule has 1 N–H and O–H groups in total.